The molecule has 1 atom stereocenters. The van der Waals surface area contributed by atoms with Gasteiger partial charge in [0.1, 0.15) is 6.61 Å². The lowest BCUT2D eigenvalue weighted by atomic mass is 10.0. The minimum Gasteiger partial charge on any atom is -0.369 e. The van der Waals surface area contributed by atoms with Gasteiger partial charge in [0.15, 0.2) is 5.78 Å². The number of hydrogen-bond acceptors (Lipinski definition) is 3. The molecule has 0 aliphatic carbocycles. The molecule has 0 aliphatic rings. The van der Waals surface area contributed by atoms with Crippen molar-refractivity contribution in [1.82, 2.24) is 5.32 Å². The summed E-state index contributed by atoms with van der Waals surface area (Å²) in [4.78, 5) is 22.6. The van der Waals surface area contributed by atoms with E-state index in [0.29, 0.717) is 0 Å². The standard InChI is InChI=1S/C11H21NO3/c1-7(2)11(9(5)13)12-10(14)6-15-8(3)4/h7-8,11H,6H2,1-5H3,(H,12,14). The second-order valence-corrected chi connectivity index (χ2v) is 4.26. The summed E-state index contributed by atoms with van der Waals surface area (Å²) in [6.45, 7) is 9.00. The van der Waals surface area contributed by atoms with E-state index in [9.17, 15) is 9.59 Å². The lowest BCUT2D eigenvalue weighted by molar-refractivity contribution is -0.131. The zero-order chi connectivity index (χ0) is 12.0. The number of amides is 1. The minimum atomic E-state index is -0.409. The molecule has 88 valence electrons. The van der Waals surface area contributed by atoms with Crippen molar-refractivity contribution in [2.45, 2.75) is 46.8 Å². The highest BCUT2D eigenvalue weighted by atomic mass is 16.5. The van der Waals surface area contributed by atoms with E-state index in [4.69, 9.17) is 4.74 Å². The van der Waals surface area contributed by atoms with E-state index in [2.05, 4.69) is 5.32 Å². The number of nitrogens with one attached hydrogen (secondary N) is 1. The van der Waals surface area contributed by atoms with Crippen LogP contribution in [0.4, 0.5) is 0 Å². The zero-order valence-electron chi connectivity index (χ0n) is 10.2. The van der Waals surface area contributed by atoms with Crippen molar-refractivity contribution in [1.29, 1.82) is 0 Å². The van der Waals surface area contributed by atoms with Crippen LogP contribution < -0.4 is 5.32 Å². The van der Waals surface area contributed by atoms with Gasteiger partial charge in [-0.3, -0.25) is 9.59 Å². The van der Waals surface area contributed by atoms with Crippen molar-refractivity contribution in [2.24, 2.45) is 5.92 Å². The topological polar surface area (TPSA) is 55.4 Å². The molecule has 1 unspecified atom stereocenters. The Labute approximate surface area is 91.4 Å². The molecule has 0 bridgehead atoms. The summed E-state index contributed by atoms with van der Waals surface area (Å²) in [5.41, 5.74) is 0. The van der Waals surface area contributed by atoms with Crippen molar-refractivity contribution < 1.29 is 14.3 Å². The molecule has 0 saturated carbocycles. The Morgan fingerprint density at radius 1 is 1.20 bits per heavy atom. The highest BCUT2D eigenvalue weighted by molar-refractivity contribution is 5.88. The number of ether oxygens (including phenoxy) is 1. The van der Waals surface area contributed by atoms with Crippen molar-refractivity contribution in [3.63, 3.8) is 0 Å². The minimum absolute atomic E-state index is 0.00810. The number of rotatable bonds is 6. The first-order valence-electron chi connectivity index (χ1n) is 5.26. The normalized spacial score (nSPS) is 13.0. The summed E-state index contributed by atoms with van der Waals surface area (Å²) in [5.74, 6) is -0.161. The molecule has 15 heavy (non-hydrogen) atoms. The third-order valence-corrected chi connectivity index (χ3v) is 1.97. The van der Waals surface area contributed by atoms with E-state index in [1.54, 1.807) is 0 Å². The van der Waals surface area contributed by atoms with Crippen molar-refractivity contribution in [3.05, 3.63) is 0 Å². The van der Waals surface area contributed by atoms with Crippen LogP contribution >= 0.6 is 0 Å². The summed E-state index contributed by atoms with van der Waals surface area (Å²) < 4.78 is 5.14. The molecule has 1 amide bonds. The first-order chi connectivity index (χ1) is 6.84. The Balaban J connectivity index is 4.07. The van der Waals surface area contributed by atoms with Gasteiger partial charge in [-0.05, 0) is 26.7 Å². The van der Waals surface area contributed by atoms with Crippen LogP contribution in [0.1, 0.15) is 34.6 Å². The quantitative estimate of drug-likeness (QED) is 0.723. The summed E-state index contributed by atoms with van der Waals surface area (Å²) in [6.07, 6.45) is 0.0191. The number of ketones is 1. The number of carbonyl (C=O) groups is 2. The molecule has 0 heterocycles. The Bertz CT molecular complexity index is 224. The fraction of sp³-hybridized carbons (Fsp3) is 0.818. The number of carbonyl (C=O) groups excluding carboxylic acids is 2. The van der Waals surface area contributed by atoms with Gasteiger partial charge in [0, 0.05) is 0 Å². The van der Waals surface area contributed by atoms with E-state index < -0.39 is 6.04 Å². The first kappa shape index (κ1) is 14.1. The second-order valence-electron chi connectivity index (χ2n) is 4.26. The van der Waals surface area contributed by atoms with Crippen LogP contribution in [0.15, 0.2) is 0 Å². The smallest absolute Gasteiger partial charge is 0.246 e. The van der Waals surface area contributed by atoms with E-state index in [0.717, 1.165) is 0 Å². The van der Waals surface area contributed by atoms with Crippen LogP contribution in [0, 0.1) is 5.92 Å². The van der Waals surface area contributed by atoms with Crippen molar-refractivity contribution >= 4 is 11.7 Å². The lowest BCUT2D eigenvalue weighted by Gasteiger charge is -2.19. The van der Waals surface area contributed by atoms with Crippen molar-refractivity contribution in [3.8, 4) is 0 Å². The Hall–Kier alpha value is -0.900. The van der Waals surface area contributed by atoms with Gasteiger partial charge in [-0.1, -0.05) is 13.8 Å². The molecule has 0 aromatic rings. The van der Waals surface area contributed by atoms with Crippen LogP contribution in [0.25, 0.3) is 0 Å². The molecular formula is C11H21NO3. The van der Waals surface area contributed by atoms with Crippen LogP contribution in [-0.2, 0) is 14.3 Å². The van der Waals surface area contributed by atoms with E-state index in [-0.39, 0.29) is 30.3 Å². The zero-order valence-corrected chi connectivity index (χ0v) is 10.2. The number of Topliss-reactive ketones (excluding diaryl/α,β-unsaturated/α-hetero) is 1. The average molecular weight is 215 g/mol. The van der Waals surface area contributed by atoms with Gasteiger partial charge in [-0.25, -0.2) is 0 Å². The van der Waals surface area contributed by atoms with Gasteiger partial charge in [-0.2, -0.15) is 0 Å². The maximum atomic E-state index is 11.4. The third-order valence-electron chi connectivity index (χ3n) is 1.97. The largest absolute Gasteiger partial charge is 0.369 e. The molecule has 0 rings (SSSR count). The molecule has 0 spiro atoms. The molecule has 0 saturated heterocycles. The van der Waals surface area contributed by atoms with E-state index >= 15 is 0 Å². The first-order valence-corrected chi connectivity index (χ1v) is 5.26. The fourth-order valence-electron chi connectivity index (χ4n) is 1.20. The SMILES string of the molecule is CC(=O)C(NC(=O)COC(C)C)C(C)C. The van der Waals surface area contributed by atoms with Crippen LogP contribution in [0.3, 0.4) is 0 Å². The maximum absolute atomic E-state index is 11.4. The molecule has 0 aromatic carbocycles. The van der Waals surface area contributed by atoms with Crippen LogP contribution in [0.5, 0.6) is 0 Å². The van der Waals surface area contributed by atoms with Gasteiger partial charge in [0.05, 0.1) is 12.1 Å². The van der Waals surface area contributed by atoms with Crippen LogP contribution in [0.2, 0.25) is 0 Å². The van der Waals surface area contributed by atoms with Crippen molar-refractivity contribution in [2.75, 3.05) is 6.61 Å². The fourth-order valence-corrected chi connectivity index (χ4v) is 1.20. The Kier molecular flexibility index (Phi) is 6.17. The molecule has 0 fully saturated rings. The summed E-state index contributed by atoms with van der Waals surface area (Å²) in [5, 5.41) is 2.66. The molecule has 4 heteroatoms. The third kappa shape index (κ3) is 6.23. The number of hydrogen-bond donors (Lipinski definition) is 1. The predicted octanol–water partition coefficient (Wildman–Crippen LogP) is 1.14. The van der Waals surface area contributed by atoms with Gasteiger partial charge < -0.3 is 10.1 Å². The highest BCUT2D eigenvalue weighted by Crippen LogP contribution is 2.02. The Morgan fingerprint density at radius 3 is 2.07 bits per heavy atom. The average Bonchev–Trinajstić information content (AvgIpc) is 2.09. The van der Waals surface area contributed by atoms with E-state index in [1.807, 2.05) is 27.7 Å². The molecule has 0 aliphatic heterocycles. The van der Waals surface area contributed by atoms with Gasteiger partial charge in [-0.15, -0.1) is 0 Å². The van der Waals surface area contributed by atoms with Gasteiger partial charge in [0.2, 0.25) is 5.91 Å². The lowest BCUT2D eigenvalue weighted by Crippen LogP contribution is -2.45. The summed E-state index contributed by atoms with van der Waals surface area (Å²) in [6, 6.07) is -0.409. The molecule has 0 aromatic heterocycles. The second kappa shape index (κ2) is 6.56. The molecular weight excluding hydrogens is 194 g/mol. The molecule has 0 radical (unpaired) electrons. The van der Waals surface area contributed by atoms with E-state index in [1.165, 1.54) is 6.92 Å². The monoisotopic (exact) mass is 215 g/mol. The predicted molar refractivity (Wildman–Crippen MR) is 58.5 cm³/mol. The molecule has 4 nitrogen and oxygen atoms in total. The van der Waals surface area contributed by atoms with Crippen LogP contribution in [-0.4, -0.2) is 30.4 Å². The van der Waals surface area contributed by atoms with Gasteiger partial charge >= 0.3 is 0 Å². The Morgan fingerprint density at radius 2 is 1.73 bits per heavy atom. The summed E-state index contributed by atoms with van der Waals surface area (Å²) >= 11 is 0. The summed E-state index contributed by atoms with van der Waals surface area (Å²) in [7, 11) is 0. The highest BCUT2D eigenvalue weighted by Gasteiger charge is 2.20. The molecule has 1 N–H and O–H groups in total. The maximum Gasteiger partial charge on any atom is 0.246 e. The van der Waals surface area contributed by atoms with Gasteiger partial charge in [0.25, 0.3) is 0 Å².